The van der Waals surface area contributed by atoms with Crippen molar-refractivity contribution in [1.82, 2.24) is 4.90 Å². The van der Waals surface area contributed by atoms with E-state index in [2.05, 4.69) is 18.7 Å². The minimum absolute atomic E-state index is 0.406. The van der Waals surface area contributed by atoms with Crippen LogP contribution in [0.5, 0.6) is 0 Å². The third-order valence-electron chi connectivity index (χ3n) is 4.17. The molecule has 1 saturated heterocycles. The first-order chi connectivity index (χ1) is 8.09. The molecular formula is C15H31NO. The van der Waals surface area contributed by atoms with Crippen molar-refractivity contribution in [2.24, 2.45) is 0 Å². The molecule has 0 bridgehead atoms. The van der Waals surface area contributed by atoms with Crippen molar-refractivity contribution in [2.45, 2.75) is 83.8 Å². The lowest BCUT2D eigenvalue weighted by atomic mass is 9.91. The molecule has 0 aromatic rings. The fourth-order valence-corrected chi connectivity index (χ4v) is 2.76. The molecule has 1 fully saturated rings. The molecule has 0 saturated carbocycles. The minimum atomic E-state index is -0.406. The van der Waals surface area contributed by atoms with Gasteiger partial charge in [-0.05, 0) is 32.6 Å². The van der Waals surface area contributed by atoms with Gasteiger partial charge in [-0.15, -0.1) is 0 Å². The molecule has 1 rings (SSSR count). The van der Waals surface area contributed by atoms with E-state index in [-0.39, 0.29) is 0 Å². The summed E-state index contributed by atoms with van der Waals surface area (Å²) in [7, 11) is 0. The monoisotopic (exact) mass is 241 g/mol. The molecule has 0 amide bonds. The second-order valence-corrected chi connectivity index (χ2v) is 5.97. The zero-order valence-corrected chi connectivity index (χ0v) is 12.0. The fourth-order valence-electron chi connectivity index (χ4n) is 2.76. The van der Waals surface area contributed by atoms with Gasteiger partial charge in [0.1, 0.15) is 0 Å². The lowest BCUT2D eigenvalue weighted by Crippen LogP contribution is -2.47. The maximum atomic E-state index is 10.00. The van der Waals surface area contributed by atoms with Crippen LogP contribution in [0.4, 0.5) is 0 Å². The van der Waals surface area contributed by atoms with Crippen molar-refractivity contribution in [3.63, 3.8) is 0 Å². The largest absolute Gasteiger partial charge is 0.390 e. The van der Waals surface area contributed by atoms with Gasteiger partial charge in [-0.25, -0.2) is 0 Å². The van der Waals surface area contributed by atoms with Gasteiger partial charge in [0.15, 0.2) is 0 Å². The second-order valence-electron chi connectivity index (χ2n) is 5.97. The number of aliphatic hydroxyl groups is 1. The molecular weight excluding hydrogens is 210 g/mol. The first-order valence-corrected chi connectivity index (χ1v) is 7.55. The van der Waals surface area contributed by atoms with Gasteiger partial charge in [0, 0.05) is 19.1 Å². The van der Waals surface area contributed by atoms with Gasteiger partial charge in [0.05, 0.1) is 5.60 Å². The van der Waals surface area contributed by atoms with Crippen LogP contribution >= 0.6 is 0 Å². The number of hydrogen-bond donors (Lipinski definition) is 1. The van der Waals surface area contributed by atoms with Crippen LogP contribution in [0.25, 0.3) is 0 Å². The molecule has 1 aliphatic heterocycles. The maximum absolute atomic E-state index is 10.00. The topological polar surface area (TPSA) is 23.5 Å². The third kappa shape index (κ3) is 5.39. The Morgan fingerprint density at radius 1 is 1.06 bits per heavy atom. The van der Waals surface area contributed by atoms with Crippen molar-refractivity contribution in [3.05, 3.63) is 0 Å². The van der Waals surface area contributed by atoms with Crippen LogP contribution in [0.1, 0.15) is 72.1 Å². The standard InChI is InChI=1S/C15H31NO/c1-4-6-8-14(9-7-5-2)16-12-10-15(3,17)11-13-16/h14,17H,4-13H2,1-3H3. The molecule has 2 nitrogen and oxygen atoms in total. The van der Waals surface area contributed by atoms with Crippen LogP contribution in [0.3, 0.4) is 0 Å². The smallest absolute Gasteiger partial charge is 0.0644 e. The Balaban J connectivity index is 2.40. The average molecular weight is 241 g/mol. The number of unbranched alkanes of at least 4 members (excludes halogenated alkanes) is 2. The van der Waals surface area contributed by atoms with Crippen molar-refractivity contribution < 1.29 is 5.11 Å². The Kier molecular flexibility index (Phi) is 6.50. The normalized spacial score (nSPS) is 21.0. The van der Waals surface area contributed by atoms with E-state index in [0.29, 0.717) is 0 Å². The van der Waals surface area contributed by atoms with Gasteiger partial charge >= 0.3 is 0 Å². The second kappa shape index (κ2) is 7.38. The molecule has 0 aromatic heterocycles. The molecule has 1 N–H and O–H groups in total. The first-order valence-electron chi connectivity index (χ1n) is 7.55. The van der Waals surface area contributed by atoms with E-state index >= 15 is 0 Å². The fraction of sp³-hybridized carbons (Fsp3) is 1.00. The van der Waals surface area contributed by atoms with Gasteiger partial charge < -0.3 is 10.0 Å². The summed E-state index contributed by atoms with van der Waals surface area (Å²) >= 11 is 0. The zero-order valence-electron chi connectivity index (χ0n) is 12.0. The molecule has 0 aromatic carbocycles. The van der Waals surface area contributed by atoms with Crippen LogP contribution in [-0.2, 0) is 0 Å². The zero-order chi connectivity index (χ0) is 12.7. The molecule has 1 aliphatic rings. The Hall–Kier alpha value is -0.0800. The summed E-state index contributed by atoms with van der Waals surface area (Å²) in [4.78, 5) is 2.63. The first kappa shape index (κ1) is 15.0. The Morgan fingerprint density at radius 3 is 1.94 bits per heavy atom. The highest BCUT2D eigenvalue weighted by Crippen LogP contribution is 2.25. The third-order valence-corrected chi connectivity index (χ3v) is 4.17. The molecule has 2 heteroatoms. The summed E-state index contributed by atoms with van der Waals surface area (Å²) in [5, 5.41) is 10.00. The number of likely N-dealkylation sites (tertiary alicyclic amines) is 1. The Bertz CT molecular complexity index is 185. The number of hydrogen-bond acceptors (Lipinski definition) is 2. The summed E-state index contributed by atoms with van der Waals surface area (Å²) < 4.78 is 0. The summed E-state index contributed by atoms with van der Waals surface area (Å²) in [6.07, 6.45) is 9.88. The highest BCUT2D eigenvalue weighted by atomic mass is 16.3. The van der Waals surface area contributed by atoms with Crippen LogP contribution < -0.4 is 0 Å². The average Bonchev–Trinajstić information content (AvgIpc) is 2.30. The summed E-state index contributed by atoms with van der Waals surface area (Å²) in [5.74, 6) is 0. The van der Waals surface area contributed by atoms with E-state index in [4.69, 9.17) is 0 Å². The van der Waals surface area contributed by atoms with Gasteiger partial charge in [-0.1, -0.05) is 39.5 Å². The van der Waals surface area contributed by atoms with Crippen LogP contribution in [0.15, 0.2) is 0 Å². The highest BCUT2D eigenvalue weighted by molar-refractivity contribution is 4.85. The maximum Gasteiger partial charge on any atom is 0.0644 e. The summed E-state index contributed by atoms with van der Waals surface area (Å²) in [6.45, 7) is 8.71. The Morgan fingerprint density at radius 2 is 1.53 bits per heavy atom. The lowest BCUT2D eigenvalue weighted by Gasteiger charge is -2.40. The predicted octanol–water partition coefficient (Wildman–Crippen LogP) is 3.58. The van der Waals surface area contributed by atoms with Gasteiger partial charge in [-0.3, -0.25) is 0 Å². The highest BCUT2D eigenvalue weighted by Gasteiger charge is 2.30. The molecule has 0 unspecified atom stereocenters. The van der Waals surface area contributed by atoms with Gasteiger partial charge in [-0.2, -0.15) is 0 Å². The molecule has 0 spiro atoms. The van der Waals surface area contributed by atoms with Crippen LogP contribution in [-0.4, -0.2) is 34.7 Å². The molecule has 0 aliphatic carbocycles. The van der Waals surface area contributed by atoms with Crippen LogP contribution in [0.2, 0.25) is 0 Å². The van der Waals surface area contributed by atoms with Crippen molar-refractivity contribution in [1.29, 1.82) is 0 Å². The van der Waals surface area contributed by atoms with E-state index in [0.717, 1.165) is 32.0 Å². The van der Waals surface area contributed by atoms with Crippen molar-refractivity contribution in [3.8, 4) is 0 Å². The van der Waals surface area contributed by atoms with E-state index in [1.807, 2.05) is 6.92 Å². The quantitative estimate of drug-likeness (QED) is 0.736. The van der Waals surface area contributed by atoms with E-state index in [1.54, 1.807) is 0 Å². The molecule has 102 valence electrons. The van der Waals surface area contributed by atoms with Gasteiger partial charge in [0.2, 0.25) is 0 Å². The number of nitrogens with zero attached hydrogens (tertiary/aromatic N) is 1. The van der Waals surface area contributed by atoms with Crippen molar-refractivity contribution >= 4 is 0 Å². The number of rotatable bonds is 7. The van der Waals surface area contributed by atoms with E-state index in [1.165, 1.54) is 38.5 Å². The summed E-state index contributed by atoms with van der Waals surface area (Å²) in [5.41, 5.74) is -0.406. The van der Waals surface area contributed by atoms with E-state index < -0.39 is 5.60 Å². The minimum Gasteiger partial charge on any atom is -0.390 e. The number of piperidine rings is 1. The van der Waals surface area contributed by atoms with E-state index in [9.17, 15) is 5.11 Å². The van der Waals surface area contributed by atoms with Crippen molar-refractivity contribution in [2.75, 3.05) is 13.1 Å². The van der Waals surface area contributed by atoms with Gasteiger partial charge in [0.25, 0.3) is 0 Å². The SMILES string of the molecule is CCCCC(CCCC)N1CCC(C)(O)CC1. The molecule has 17 heavy (non-hydrogen) atoms. The summed E-state index contributed by atoms with van der Waals surface area (Å²) in [6, 6.07) is 0.769. The lowest BCUT2D eigenvalue weighted by molar-refractivity contribution is -0.0189. The molecule has 0 radical (unpaired) electrons. The molecule has 0 atom stereocenters. The molecule has 1 heterocycles. The predicted molar refractivity (Wildman–Crippen MR) is 74.3 cm³/mol. The Labute approximate surface area is 107 Å². The van der Waals surface area contributed by atoms with Crippen LogP contribution in [0, 0.1) is 0 Å².